The highest BCUT2D eigenvalue weighted by Gasteiger charge is 2.38. The fraction of sp³-hybridized carbons (Fsp3) is 0.290. The van der Waals surface area contributed by atoms with Crippen molar-refractivity contribution < 1.29 is 24.9 Å². The van der Waals surface area contributed by atoms with Crippen LogP contribution in [-0.2, 0) is 0 Å². The van der Waals surface area contributed by atoms with Crippen molar-refractivity contribution in [1.29, 1.82) is 0 Å². The lowest BCUT2D eigenvalue weighted by atomic mass is 9.71. The van der Waals surface area contributed by atoms with Crippen molar-refractivity contribution in [2.24, 2.45) is 5.41 Å². The first kappa shape index (κ1) is 25.2. The maximum atomic E-state index is 13.9. The second-order valence-electron chi connectivity index (χ2n) is 10.7. The zero-order valence-electron chi connectivity index (χ0n) is 21.5. The number of hydrogen-bond donors (Lipinski definition) is 3. The van der Waals surface area contributed by atoms with Crippen molar-refractivity contribution in [3.63, 3.8) is 0 Å². The zero-order valence-corrected chi connectivity index (χ0v) is 22.3. The number of carbonyl (C=O) groups excluding carboxylic acids is 1. The molecule has 3 N–H and O–H groups in total. The van der Waals surface area contributed by atoms with Crippen LogP contribution in [0.5, 0.6) is 11.5 Å². The molecule has 1 amide bonds. The van der Waals surface area contributed by atoms with Gasteiger partial charge in [-0.2, -0.15) is 0 Å². The number of likely N-dealkylation sites (tertiary alicyclic amines) is 1. The van der Waals surface area contributed by atoms with Crippen molar-refractivity contribution in [2.75, 3.05) is 31.1 Å². The summed E-state index contributed by atoms with van der Waals surface area (Å²) in [5, 5.41) is 29.8. The summed E-state index contributed by atoms with van der Waals surface area (Å²) in [7, 11) is 0. The van der Waals surface area contributed by atoms with E-state index in [0.29, 0.717) is 24.2 Å². The van der Waals surface area contributed by atoms with Crippen LogP contribution in [0.4, 0.5) is 10.5 Å². The minimum absolute atomic E-state index is 0.0793. The highest BCUT2D eigenvalue weighted by molar-refractivity contribution is 7.22. The highest BCUT2D eigenvalue weighted by atomic mass is 32.1. The number of nitrogens with zero attached hydrogens (tertiary/aromatic N) is 2. The first-order valence-electron chi connectivity index (χ1n) is 13.2. The average Bonchev–Trinajstić information content (AvgIpc) is 3.32. The van der Waals surface area contributed by atoms with E-state index >= 15 is 0 Å². The molecule has 39 heavy (non-hydrogen) atoms. The van der Waals surface area contributed by atoms with Crippen LogP contribution >= 0.6 is 11.3 Å². The lowest BCUT2D eigenvalue weighted by Crippen LogP contribution is -2.48. The molecule has 0 unspecified atom stereocenters. The van der Waals surface area contributed by atoms with Gasteiger partial charge in [-0.1, -0.05) is 0 Å². The first-order valence-corrected chi connectivity index (χ1v) is 14.1. The van der Waals surface area contributed by atoms with E-state index in [-0.39, 0.29) is 22.7 Å². The topological polar surface area (TPSA) is 101 Å². The summed E-state index contributed by atoms with van der Waals surface area (Å²) in [4.78, 5) is 29.8. The van der Waals surface area contributed by atoms with Gasteiger partial charge in [0.15, 0.2) is 5.78 Å². The number of anilines is 1. The van der Waals surface area contributed by atoms with Crippen LogP contribution in [0.3, 0.4) is 0 Å². The quantitative estimate of drug-likeness (QED) is 0.252. The molecule has 0 bridgehead atoms. The number of carboxylic acid groups (broad SMARTS) is 1. The van der Waals surface area contributed by atoms with Gasteiger partial charge in [0.1, 0.15) is 11.5 Å². The SMILES string of the molecule is O=C(c1ccc(N2CCC3(CCN(C(=O)O)CC3)CC2)cc1)c1c(-c2ccc(O)cc2)sc2cc(O)ccc12. The molecule has 2 saturated heterocycles. The van der Waals surface area contributed by atoms with E-state index in [0.717, 1.165) is 65.0 Å². The number of carbonyl (C=O) groups is 2. The normalized spacial score (nSPS) is 17.0. The molecule has 1 spiro atoms. The predicted octanol–water partition coefficient (Wildman–Crippen LogP) is 6.57. The second-order valence-corrected chi connectivity index (χ2v) is 11.7. The van der Waals surface area contributed by atoms with Gasteiger partial charge in [-0.15, -0.1) is 11.3 Å². The van der Waals surface area contributed by atoms with Crippen LogP contribution < -0.4 is 4.90 Å². The van der Waals surface area contributed by atoms with E-state index in [1.54, 1.807) is 42.5 Å². The molecule has 2 aliphatic heterocycles. The van der Waals surface area contributed by atoms with Gasteiger partial charge in [-0.05, 0) is 103 Å². The lowest BCUT2D eigenvalue weighted by Gasteiger charge is -2.46. The summed E-state index contributed by atoms with van der Waals surface area (Å²) >= 11 is 1.45. The molecule has 0 saturated carbocycles. The lowest BCUT2D eigenvalue weighted by molar-refractivity contribution is 0.0736. The molecule has 7 nitrogen and oxygen atoms in total. The summed E-state index contributed by atoms with van der Waals surface area (Å²) in [6.07, 6.45) is 3.13. The third-order valence-corrected chi connectivity index (χ3v) is 9.65. The Balaban J connectivity index is 1.22. The molecule has 4 aromatic rings. The van der Waals surface area contributed by atoms with Gasteiger partial charge < -0.3 is 25.1 Å². The molecule has 2 aliphatic rings. The van der Waals surface area contributed by atoms with Crippen LogP contribution in [0.15, 0.2) is 66.7 Å². The van der Waals surface area contributed by atoms with Crippen LogP contribution in [0, 0.1) is 5.41 Å². The number of benzene rings is 3. The molecule has 0 radical (unpaired) electrons. The Bertz CT molecular complexity index is 1530. The Kier molecular flexibility index (Phi) is 6.43. The summed E-state index contributed by atoms with van der Waals surface area (Å²) in [5.74, 6) is 0.236. The summed E-state index contributed by atoms with van der Waals surface area (Å²) in [5.41, 5.74) is 3.35. The van der Waals surface area contributed by atoms with Crippen LogP contribution in [-0.4, -0.2) is 58.3 Å². The van der Waals surface area contributed by atoms with Crippen LogP contribution in [0.2, 0.25) is 0 Å². The smallest absolute Gasteiger partial charge is 0.407 e. The Hall–Kier alpha value is -4.04. The largest absolute Gasteiger partial charge is 0.508 e. The fourth-order valence-corrected chi connectivity index (χ4v) is 7.24. The Morgan fingerprint density at radius 2 is 1.38 bits per heavy atom. The third kappa shape index (κ3) is 4.81. The van der Waals surface area contributed by atoms with Crippen molar-refractivity contribution in [2.45, 2.75) is 25.7 Å². The molecule has 1 aromatic heterocycles. The van der Waals surface area contributed by atoms with Gasteiger partial charge in [0.25, 0.3) is 0 Å². The third-order valence-electron chi connectivity index (χ3n) is 8.44. The minimum atomic E-state index is -0.819. The molecular formula is C31H30N2O5S. The van der Waals surface area contributed by atoms with E-state index in [4.69, 9.17) is 0 Å². The second kappa shape index (κ2) is 9.93. The molecule has 0 aliphatic carbocycles. The Morgan fingerprint density at radius 1 is 0.769 bits per heavy atom. The standard InChI is InChI=1S/C31H30N2O5S/c34-23-7-3-21(4-8-23)29-27(25-10-9-24(35)19-26(25)39-29)28(36)20-1-5-22(6-2-20)32-15-11-31(12-16-32)13-17-33(18-14-31)30(37)38/h1-10,19,34-35H,11-18H2,(H,37,38). The average molecular weight is 543 g/mol. The molecule has 6 rings (SSSR count). The molecule has 2 fully saturated rings. The number of aromatic hydroxyl groups is 2. The first-order chi connectivity index (χ1) is 18.8. The van der Waals surface area contributed by atoms with Gasteiger partial charge in [0.2, 0.25) is 0 Å². The fourth-order valence-electron chi connectivity index (χ4n) is 6.01. The van der Waals surface area contributed by atoms with E-state index in [1.165, 1.54) is 16.2 Å². The number of phenolic OH excluding ortho intramolecular Hbond substituents is 2. The van der Waals surface area contributed by atoms with E-state index < -0.39 is 6.09 Å². The predicted molar refractivity (Wildman–Crippen MR) is 153 cm³/mol. The van der Waals surface area contributed by atoms with Gasteiger partial charge in [0, 0.05) is 58.0 Å². The van der Waals surface area contributed by atoms with Crippen LogP contribution in [0.1, 0.15) is 41.6 Å². The number of fused-ring (bicyclic) bond motifs is 1. The monoisotopic (exact) mass is 542 g/mol. The van der Waals surface area contributed by atoms with Crippen molar-refractivity contribution in [1.82, 2.24) is 4.90 Å². The van der Waals surface area contributed by atoms with E-state index in [1.807, 2.05) is 24.3 Å². The van der Waals surface area contributed by atoms with E-state index in [2.05, 4.69) is 4.90 Å². The summed E-state index contributed by atoms with van der Waals surface area (Å²) in [6, 6.07) is 19.7. The van der Waals surface area contributed by atoms with E-state index in [9.17, 15) is 24.9 Å². The van der Waals surface area contributed by atoms with Gasteiger partial charge in [-0.25, -0.2) is 4.79 Å². The van der Waals surface area contributed by atoms with Crippen molar-refractivity contribution in [3.8, 4) is 21.9 Å². The summed E-state index contributed by atoms with van der Waals surface area (Å²) in [6.45, 7) is 3.08. The van der Waals surface area contributed by atoms with Crippen LogP contribution in [0.25, 0.3) is 20.5 Å². The molecule has 0 atom stereocenters. The number of piperidine rings is 2. The highest BCUT2D eigenvalue weighted by Crippen LogP contribution is 2.43. The Morgan fingerprint density at radius 3 is 2.03 bits per heavy atom. The maximum absolute atomic E-state index is 13.9. The number of ketones is 1. The Labute approximate surface area is 230 Å². The van der Waals surface area contributed by atoms with Gasteiger partial charge >= 0.3 is 6.09 Å². The van der Waals surface area contributed by atoms with Gasteiger partial charge in [-0.3, -0.25) is 4.79 Å². The number of rotatable bonds is 4. The molecule has 3 heterocycles. The van der Waals surface area contributed by atoms with Crippen molar-refractivity contribution in [3.05, 3.63) is 77.9 Å². The minimum Gasteiger partial charge on any atom is -0.508 e. The molecule has 8 heteroatoms. The molecule has 200 valence electrons. The number of phenols is 2. The number of amides is 1. The molecule has 3 aromatic carbocycles. The molecular weight excluding hydrogens is 512 g/mol. The number of hydrogen-bond acceptors (Lipinski definition) is 6. The number of thiophene rings is 1. The zero-order chi connectivity index (χ0) is 27.1. The van der Waals surface area contributed by atoms with Gasteiger partial charge in [0.05, 0.1) is 0 Å². The summed E-state index contributed by atoms with van der Waals surface area (Å²) < 4.78 is 0.828. The van der Waals surface area contributed by atoms with Crippen molar-refractivity contribution >= 4 is 39.0 Å². The maximum Gasteiger partial charge on any atom is 0.407 e.